The number of nitriles is 1. The number of aromatic nitrogens is 1. The normalized spacial score (nSPS) is 10.4. The molecule has 1 aromatic carbocycles. The summed E-state index contributed by atoms with van der Waals surface area (Å²) < 4.78 is 17.5. The number of carbonyl (C=O) groups excluding carboxylic acids is 1. The fourth-order valence-corrected chi connectivity index (χ4v) is 2.93. The summed E-state index contributed by atoms with van der Waals surface area (Å²) in [6, 6.07) is 9.81. The summed E-state index contributed by atoms with van der Waals surface area (Å²) in [6.07, 6.45) is 3.44. The molecule has 0 fully saturated rings. The number of ether oxygens (including phenoxy) is 3. The lowest BCUT2D eigenvalue weighted by Gasteiger charge is -2.11. The third-order valence-corrected chi connectivity index (χ3v) is 4.23. The summed E-state index contributed by atoms with van der Waals surface area (Å²) in [5, 5.41) is 20.8. The molecule has 0 aliphatic carbocycles. The first-order chi connectivity index (χ1) is 14.0. The van der Waals surface area contributed by atoms with Crippen molar-refractivity contribution in [2.24, 2.45) is 0 Å². The molecule has 0 amide bonds. The number of hydrogen-bond donors (Lipinski definition) is 0. The average Bonchev–Trinajstić information content (AvgIpc) is 3.09. The van der Waals surface area contributed by atoms with Crippen LogP contribution in [0.2, 0.25) is 0 Å². The van der Waals surface area contributed by atoms with E-state index in [9.17, 15) is 20.2 Å². The van der Waals surface area contributed by atoms with Crippen LogP contribution in [0.1, 0.15) is 28.4 Å². The minimum atomic E-state index is -0.903. The lowest BCUT2D eigenvalue weighted by atomic mass is 10.1. The molecular formula is C20H17N3O6. The Labute approximate surface area is 165 Å². The molecule has 29 heavy (non-hydrogen) atoms. The molecule has 0 N–H and O–H groups in total. The smallest absolute Gasteiger partial charge is 0.345 e. The van der Waals surface area contributed by atoms with Gasteiger partial charge in [0.2, 0.25) is 0 Å². The van der Waals surface area contributed by atoms with Crippen molar-refractivity contribution in [2.45, 2.75) is 13.5 Å². The molecule has 9 heteroatoms. The monoisotopic (exact) mass is 395 g/mol. The van der Waals surface area contributed by atoms with Gasteiger partial charge in [-0.25, -0.2) is 4.79 Å². The molecule has 3 rings (SSSR count). The molecule has 0 spiro atoms. The topological polar surface area (TPSA) is 116 Å². The number of nitro groups is 1. The zero-order valence-corrected chi connectivity index (χ0v) is 15.7. The molecule has 2 heterocycles. The van der Waals surface area contributed by atoms with Crippen LogP contribution in [0.15, 0.2) is 42.7 Å². The summed E-state index contributed by atoms with van der Waals surface area (Å²) in [5.41, 5.74) is 0.820. The van der Waals surface area contributed by atoms with Gasteiger partial charge in [0.05, 0.1) is 35.8 Å². The van der Waals surface area contributed by atoms with Crippen molar-refractivity contribution in [1.29, 1.82) is 5.26 Å². The maximum absolute atomic E-state index is 12.6. The van der Waals surface area contributed by atoms with Crippen molar-refractivity contribution in [2.75, 3.05) is 13.7 Å². The number of esters is 1. The van der Waals surface area contributed by atoms with E-state index in [0.717, 1.165) is 6.07 Å². The first-order valence-corrected chi connectivity index (χ1v) is 8.65. The van der Waals surface area contributed by atoms with Crippen molar-refractivity contribution in [3.05, 3.63) is 69.5 Å². The quantitative estimate of drug-likeness (QED) is 0.341. The number of hydrogen-bond acceptors (Lipinski definition) is 7. The molecule has 2 aromatic heterocycles. The van der Waals surface area contributed by atoms with Crippen molar-refractivity contribution >= 4 is 17.2 Å². The fraction of sp³-hybridized carbons (Fsp3) is 0.200. The van der Waals surface area contributed by atoms with Gasteiger partial charge in [-0.05, 0) is 19.1 Å². The minimum Gasteiger partial charge on any atom is -0.493 e. The molecule has 0 aliphatic heterocycles. The van der Waals surface area contributed by atoms with Crippen LogP contribution in [0.3, 0.4) is 0 Å². The van der Waals surface area contributed by atoms with Crippen LogP contribution < -0.4 is 9.47 Å². The Bertz CT molecular complexity index is 1130. The maximum atomic E-state index is 12.6. The highest BCUT2D eigenvalue weighted by Gasteiger charge is 2.26. The Hall–Kier alpha value is -4.06. The van der Waals surface area contributed by atoms with Crippen LogP contribution >= 0.6 is 0 Å². The second kappa shape index (κ2) is 8.31. The van der Waals surface area contributed by atoms with Crippen LogP contribution in [-0.2, 0) is 11.3 Å². The summed E-state index contributed by atoms with van der Waals surface area (Å²) in [7, 11) is 1.35. The Morgan fingerprint density at radius 1 is 1.31 bits per heavy atom. The van der Waals surface area contributed by atoms with Crippen LogP contribution in [0.4, 0.5) is 5.69 Å². The Morgan fingerprint density at radius 3 is 2.76 bits per heavy atom. The highest BCUT2D eigenvalue weighted by atomic mass is 16.6. The second-order valence-electron chi connectivity index (χ2n) is 5.92. The number of pyridine rings is 1. The number of nitrogens with zero attached hydrogens (tertiary/aromatic N) is 3. The van der Waals surface area contributed by atoms with Crippen LogP contribution in [0.5, 0.6) is 11.5 Å². The molecule has 0 unspecified atom stereocenters. The molecule has 0 radical (unpaired) electrons. The maximum Gasteiger partial charge on any atom is 0.345 e. The molecule has 148 valence electrons. The summed E-state index contributed by atoms with van der Waals surface area (Å²) >= 11 is 0. The first-order valence-electron chi connectivity index (χ1n) is 8.65. The zero-order chi connectivity index (χ0) is 21.0. The van der Waals surface area contributed by atoms with E-state index in [1.54, 1.807) is 41.9 Å². The number of methoxy groups -OCH3 is 1. The molecule has 0 aliphatic rings. The highest BCUT2D eigenvalue weighted by molar-refractivity contribution is 5.95. The van der Waals surface area contributed by atoms with Crippen LogP contribution in [-0.4, -0.2) is 29.0 Å². The van der Waals surface area contributed by atoms with E-state index in [-0.39, 0.29) is 30.3 Å². The minimum absolute atomic E-state index is 0.139. The van der Waals surface area contributed by atoms with Gasteiger partial charge in [-0.2, -0.15) is 5.26 Å². The van der Waals surface area contributed by atoms with Gasteiger partial charge >= 0.3 is 5.97 Å². The highest BCUT2D eigenvalue weighted by Crippen LogP contribution is 2.35. The predicted molar refractivity (Wildman–Crippen MR) is 102 cm³/mol. The van der Waals surface area contributed by atoms with E-state index >= 15 is 0 Å². The Balaban J connectivity index is 1.92. The van der Waals surface area contributed by atoms with E-state index in [1.807, 2.05) is 0 Å². The average molecular weight is 395 g/mol. The molecule has 0 saturated heterocycles. The summed E-state index contributed by atoms with van der Waals surface area (Å²) in [5.74, 6) is -0.570. The number of carbonyl (C=O) groups is 1. The molecule has 0 atom stereocenters. The van der Waals surface area contributed by atoms with E-state index < -0.39 is 16.6 Å². The van der Waals surface area contributed by atoms with Crippen molar-refractivity contribution < 1.29 is 23.9 Å². The van der Waals surface area contributed by atoms with Gasteiger partial charge in [-0.15, -0.1) is 0 Å². The molecule has 0 bridgehead atoms. The third kappa shape index (κ3) is 3.82. The molecule has 0 saturated carbocycles. The van der Waals surface area contributed by atoms with Crippen molar-refractivity contribution in [3.63, 3.8) is 0 Å². The standard InChI is InChI=1S/C20H17N3O6/c1-3-28-19-8-14(17(23(25)26)9-18(19)27-2)20(24)29-12-13-11-22-7-5-4-6-16(22)15(13)10-21/h4-9,11H,3,12H2,1-2H3. The van der Waals surface area contributed by atoms with Gasteiger partial charge in [-0.3, -0.25) is 10.1 Å². The van der Waals surface area contributed by atoms with E-state index in [1.165, 1.54) is 13.2 Å². The summed E-state index contributed by atoms with van der Waals surface area (Å²) in [4.78, 5) is 23.3. The molecule has 9 nitrogen and oxygen atoms in total. The predicted octanol–water partition coefficient (Wildman–Crippen LogP) is 3.48. The van der Waals surface area contributed by atoms with E-state index in [4.69, 9.17) is 14.2 Å². The number of benzene rings is 1. The van der Waals surface area contributed by atoms with Crippen molar-refractivity contribution in [1.82, 2.24) is 4.40 Å². The zero-order valence-electron chi connectivity index (χ0n) is 15.7. The second-order valence-corrected chi connectivity index (χ2v) is 5.92. The Morgan fingerprint density at radius 2 is 2.10 bits per heavy atom. The van der Waals surface area contributed by atoms with Gasteiger partial charge < -0.3 is 18.6 Å². The number of nitro benzene ring substituents is 1. The number of fused-ring (bicyclic) bond motifs is 1. The van der Waals surface area contributed by atoms with Crippen molar-refractivity contribution in [3.8, 4) is 17.6 Å². The largest absolute Gasteiger partial charge is 0.493 e. The van der Waals surface area contributed by atoms with E-state index in [0.29, 0.717) is 16.6 Å². The SMILES string of the molecule is CCOc1cc(C(=O)OCc2cn3ccccc3c2C#N)c([N+](=O)[O-])cc1OC. The first kappa shape index (κ1) is 19.7. The van der Waals surface area contributed by atoms with Gasteiger partial charge in [-0.1, -0.05) is 6.07 Å². The molecule has 3 aromatic rings. The van der Waals surface area contributed by atoms with Gasteiger partial charge in [0.15, 0.2) is 11.5 Å². The van der Waals surface area contributed by atoms with Crippen LogP contribution in [0, 0.1) is 21.4 Å². The van der Waals surface area contributed by atoms with Crippen LogP contribution in [0.25, 0.3) is 5.52 Å². The van der Waals surface area contributed by atoms with Gasteiger partial charge in [0.25, 0.3) is 5.69 Å². The summed E-state index contributed by atoms with van der Waals surface area (Å²) in [6.45, 7) is 1.81. The number of rotatable bonds is 7. The van der Waals surface area contributed by atoms with Gasteiger partial charge in [0, 0.05) is 24.0 Å². The Kier molecular flexibility index (Phi) is 5.64. The van der Waals surface area contributed by atoms with Gasteiger partial charge in [0.1, 0.15) is 18.2 Å². The lowest BCUT2D eigenvalue weighted by Crippen LogP contribution is -2.10. The third-order valence-electron chi connectivity index (χ3n) is 4.23. The molecular weight excluding hydrogens is 378 g/mol. The fourth-order valence-electron chi connectivity index (χ4n) is 2.93. The lowest BCUT2D eigenvalue weighted by molar-refractivity contribution is -0.385. The van der Waals surface area contributed by atoms with E-state index in [2.05, 4.69) is 6.07 Å².